The molecular formula is C34H71N9O16. The largest absolute Gasteiger partial charge is 0.447 e. The lowest BCUT2D eigenvalue weighted by molar-refractivity contribution is -0.127. The standard InChI is InChI=1S/C14H29N3O6.C11H22N4O6.C9H20N2O4/c1-16-12(14(15)19)9-22-6-4-5-17-13(18)10-23-8-11(21-3)7-20-2;1-13-8(9(12)16)6-19-7(4-20-10(17)14-2)5-21-11(18)15-3;1-11-8(9(10)12)6-15-5-7(14-3)4-13-2/h11-12,16H,4-10H2,1-3H3,(H2,15,19)(H,17,18);7-8,13H,4-6H2,1-3H3,(H2,12,16)(H,14,17)(H,15,18);7-8,11H,4-6H2,1-3H3,(H2,10,12). The Morgan fingerprint density at radius 3 is 1.32 bits per heavy atom. The van der Waals surface area contributed by atoms with E-state index in [0.29, 0.717) is 46.0 Å². The molecule has 0 radical (unpaired) electrons. The molecule has 0 saturated heterocycles. The molecule has 6 amide bonds. The monoisotopic (exact) mass is 862 g/mol. The number of methoxy groups -OCH3 is 4. The molecule has 0 rings (SSSR count). The van der Waals surface area contributed by atoms with Crippen molar-refractivity contribution in [2.24, 2.45) is 17.2 Å². The highest BCUT2D eigenvalue weighted by atomic mass is 16.6. The number of hydrogen-bond acceptors (Lipinski definition) is 19. The van der Waals surface area contributed by atoms with Gasteiger partial charge in [0.2, 0.25) is 23.6 Å². The van der Waals surface area contributed by atoms with Crippen molar-refractivity contribution in [3.05, 3.63) is 0 Å². The van der Waals surface area contributed by atoms with E-state index in [2.05, 4.69) is 31.9 Å². The van der Waals surface area contributed by atoms with Crippen LogP contribution in [0.2, 0.25) is 0 Å². The number of nitrogens with one attached hydrogen (secondary N) is 6. The van der Waals surface area contributed by atoms with Crippen LogP contribution in [-0.4, -0.2) is 215 Å². The van der Waals surface area contributed by atoms with Crippen molar-refractivity contribution < 1.29 is 76.1 Å². The molecule has 59 heavy (non-hydrogen) atoms. The molecule has 25 nitrogen and oxygen atoms in total. The second-order valence-corrected chi connectivity index (χ2v) is 11.8. The molecule has 0 saturated carbocycles. The predicted molar refractivity (Wildman–Crippen MR) is 212 cm³/mol. The maximum absolute atomic E-state index is 11.5. The van der Waals surface area contributed by atoms with E-state index in [9.17, 15) is 28.8 Å². The fraction of sp³-hybridized carbons (Fsp3) is 0.824. The first-order valence-electron chi connectivity index (χ1n) is 18.4. The molecule has 0 aliphatic carbocycles. The van der Waals surface area contributed by atoms with Crippen molar-refractivity contribution in [3.8, 4) is 0 Å². The zero-order valence-electron chi connectivity index (χ0n) is 35.9. The van der Waals surface area contributed by atoms with Crippen LogP contribution >= 0.6 is 0 Å². The zero-order chi connectivity index (χ0) is 45.4. The number of rotatable bonds is 33. The third-order valence-electron chi connectivity index (χ3n) is 7.35. The smallest absolute Gasteiger partial charge is 0.406 e. The van der Waals surface area contributed by atoms with E-state index in [0.717, 1.165) is 0 Å². The summed E-state index contributed by atoms with van der Waals surface area (Å²) < 4.78 is 50.9. The Balaban J connectivity index is -0.000000815. The number of carbonyl (C=O) groups is 6. The summed E-state index contributed by atoms with van der Waals surface area (Å²) in [5, 5.41) is 15.4. The molecule has 348 valence electrons. The van der Waals surface area contributed by atoms with Gasteiger partial charge in [-0.15, -0.1) is 0 Å². The van der Waals surface area contributed by atoms with Gasteiger partial charge >= 0.3 is 12.2 Å². The van der Waals surface area contributed by atoms with Crippen molar-refractivity contribution in [1.82, 2.24) is 31.9 Å². The zero-order valence-corrected chi connectivity index (χ0v) is 35.9. The fourth-order valence-electron chi connectivity index (χ4n) is 3.78. The molecule has 0 aromatic carbocycles. The van der Waals surface area contributed by atoms with Crippen molar-refractivity contribution in [2.75, 3.05) is 143 Å². The van der Waals surface area contributed by atoms with E-state index in [-0.39, 0.29) is 57.8 Å². The van der Waals surface area contributed by atoms with Crippen molar-refractivity contribution >= 4 is 35.8 Å². The van der Waals surface area contributed by atoms with E-state index < -0.39 is 54.1 Å². The second-order valence-electron chi connectivity index (χ2n) is 11.8. The van der Waals surface area contributed by atoms with Crippen LogP contribution in [0.25, 0.3) is 0 Å². The SMILES string of the molecule is CNC(=O)OCC(COC(=O)NC)OCC(NC)C(N)=O.CNC(COCC(COC)OC)C(N)=O.CNC(COCCCNC(=O)COCC(COC)OC)C(N)=O. The van der Waals surface area contributed by atoms with Crippen LogP contribution in [0.4, 0.5) is 9.59 Å². The molecule has 5 unspecified atom stereocenters. The van der Waals surface area contributed by atoms with Crippen LogP contribution in [0.15, 0.2) is 0 Å². The number of carbonyl (C=O) groups excluding carboxylic acids is 6. The van der Waals surface area contributed by atoms with E-state index >= 15 is 0 Å². The van der Waals surface area contributed by atoms with Crippen LogP contribution in [-0.2, 0) is 66.5 Å². The minimum Gasteiger partial charge on any atom is -0.447 e. The molecular weight excluding hydrogens is 790 g/mol. The average Bonchev–Trinajstić information content (AvgIpc) is 3.21. The first-order chi connectivity index (χ1) is 28.1. The Bertz CT molecular complexity index is 1100. The van der Waals surface area contributed by atoms with Crippen molar-refractivity contribution in [3.63, 3.8) is 0 Å². The minimum atomic E-state index is -0.727. The Hall–Kier alpha value is -4.02. The lowest BCUT2D eigenvalue weighted by Crippen LogP contribution is -2.44. The number of primary amides is 3. The Morgan fingerprint density at radius 1 is 0.508 bits per heavy atom. The molecule has 5 atom stereocenters. The van der Waals surface area contributed by atoms with E-state index in [1.54, 1.807) is 49.6 Å². The summed E-state index contributed by atoms with van der Waals surface area (Å²) in [5.41, 5.74) is 15.4. The number of ether oxygens (including phenoxy) is 10. The molecule has 0 aliphatic rings. The number of likely N-dealkylation sites (N-methyl/N-ethyl adjacent to an activating group) is 3. The number of nitrogens with two attached hydrogens (primary N) is 3. The minimum absolute atomic E-state index is 0.0338. The highest BCUT2D eigenvalue weighted by Gasteiger charge is 2.20. The van der Waals surface area contributed by atoms with Gasteiger partial charge in [-0.2, -0.15) is 0 Å². The van der Waals surface area contributed by atoms with Gasteiger partial charge in [0.05, 0.1) is 46.2 Å². The molecule has 0 aliphatic heterocycles. The fourth-order valence-corrected chi connectivity index (χ4v) is 3.78. The van der Waals surface area contributed by atoms with Gasteiger partial charge in [-0.1, -0.05) is 0 Å². The van der Waals surface area contributed by atoms with Crippen LogP contribution in [0.3, 0.4) is 0 Å². The third kappa shape index (κ3) is 35.6. The number of amides is 6. The Kier molecular flexibility index (Phi) is 40.9. The Labute approximate surface area is 346 Å². The van der Waals surface area contributed by atoms with E-state index in [1.807, 2.05) is 0 Å². The number of hydrogen-bond donors (Lipinski definition) is 9. The van der Waals surface area contributed by atoms with Crippen molar-refractivity contribution in [1.29, 1.82) is 0 Å². The van der Waals surface area contributed by atoms with Gasteiger partial charge in [0.1, 0.15) is 56.3 Å². The number of alkyl carbamates (subject to hydrolysis) is 2. The van der Waals surface area contributed by atoms with Gasteiger partial charge in [-0.25, -0.2) is 9.59 Å². The van der Waals surface area contributed by atoms with Crippen LogP contribution in [0.5, 0.6) is 0 Å². The van der Waals surface area contributed by atoms with Gasteiger partial charge in [-0.05, 0) is 27.6 Å². The Morgan fingerprint density at radius 2 is 0.932 bits per heavy atom. The normalized spacial score (nSPS) is 13.2. The first kappa shape index (κ1) is 59.3. The molecule has 0 heterocycles. The summed E-state index contributed by atoms with van der Waals surface area (Å²) in [6.07, 6.45) is -1.71. The summed E-state index contributed by atoms with van der Waals surface area (Å²) in [4.78, 5) is 66.4. The van der Waals surface area contributed by atoms with E-state index in [4.69, 9.17) is 64.6 Å². The third-order valence-corrected chi connectivity index (χ3v) is 7.35. The van der Waals surface area contributed by atoms with Gasteiger partial charge in [0.25, 0.3) is 0 Å². The first-order valence-corrected chi connectivity index (χ1v) is 18.4. The van der Waals surface area contributed by atoms with Gasteiger partial charge < -0.3 is 96.5 Å². The van der Waals surface area contributed by atoms with Gasteiger partial charge in [0.15, 0.2) is 0 Å². The van der Waals surface area contributed by atoms with E-state index in [1.165, 1.54) is 14.1 Å². The molecule has 25 heteroatoms. The van der Waals surface area contributed by atoms with Gasteiger partial charge in [0, 0.05) is 55.7 Å². The highest BCUT2D eigenvalue weighted by Crippen LogP contribution is 1.99. The maximum atomic E-state index is 11.5. The quantitative estimate of drug-likeness (QED) is 0.0279. The maximum Gasteiger partial charge on any atom is 0.406 e. The summed E-state index contributed by atoms with van der Waals surface area (Å²) >= 11 is 0. The lowest BCUT2D eigenvalue weighted by atomic mass is 10.3. The summed E-state index contributed by atoms with van der Waals surface area (Å²) in [7, 11) is 14.0. The van der Waals surface area contributed by atoms with Crippen LogP contribution in [0.1, 0.15) is 6.42 Å². The summed E-state index contributed by atoms with van der Waals surface area (Å²) in [6.45, 7) is 2.48. The van der Waals surface area contributed by atoms with Gasteiger partial charge in [-0.3, -0.25) is 19.2 Å². The molecule has 0 fully saturated rings. The average molecular weight is 862 g/mol. The topological polar surface area (TPSA) is 345 Å². The molecule has 12 N–H and O–H groups in total. The molecule has 0 aromatic heterocycles. The van der Waals surface area contributed by atoms with Crippen LogP contribution in [0, 0.1) is 0 Å². The highest BCUT2D eigenvalue weighted by molar-refractivity contribution is 5.80. The van der Waals surface area contributed by atoms with Crippen LogP contribution < -0.4 is 49.1 Å². The second kappa shape index (κ2) is 40.7. The lowest BCUT2D eigenvalue weighted by Gasteiger charge is -2.20. The molecule has 0 bridgehead atoms. The molecule has 0 spiro atoms. The molecule has 0 aromatic rings. The summed E-state index contributed by atoms with van der Waals surface area (Å²) in [6, 6.07) is -1.67. The summed E-state index contributed by atoms with van der Waals surface area (Å²) in [5.74, 6) is -1.68. The van der Waals surface area contributed by atoms with Crippen molar-refractivity contribution in [2.45, 2.75) is 42.9 Å². The predicted octanol–water partition coefficient (Wildman–Crippen LogP) is -4.84.